The molecular formula is C46H58N8O8. The third-order valence-electron chi connectivity index (χ3n) is 12.7. The van der Waals surface area contributed by atoms with E-state index in [0.29, 0.717) is 38.0 Å². The number of carbonyl (C=O) groups excluding carboxylic acids is 4. The van der Waals surface area contributed by atoms with E-state index in [1.54, 1.807) is 0 Å². The number of aromatic nitrogens is 4. The minimum absolute atomic E-state index is 0.126. The van der Waals surface area contributed by atoms with Crippen LogP contribution < -0.4 is 20.1 Å². The van der Waals surface area contributed by atoms with Crippen molar-refractivity contribution in [2.75, 3.05) is 40.5 Å². The molecule has 8 rings (SSSR count). The summed E-state index contributed by atoms with van der Waals surface area (Å²) in [6.45, 7) is 9.97. The van der Waals surface area contributed by atoms with Crippen LogP contribution in [0.1, 0.15) is 101 Å². The molecule has 6 heterocycles. The Hall–Kier alpha value is -6.06. The van der Waals surface area contributed by atoms with E-state index in [1.807, 2.05) is 49.9 Å². The summed E-state index contributed by atoms with van der Waals surface area (Å²) in [7, 11) is 2.59. The predicted octanol–water partition coefficient (Wildman–Crippen LogP) is 6.87. The van der Waals surface area contributed by atoms with Crippen LogP contribution in [0.3, 0.4) is 0 Å². The molecule has 4 aliphatic rings. The quantitative estimate of drug-likeness (QED) is 0.124. The lowest BCUT2D eigenvalue weighted by Gasteiger charge is -2.30. The van der Waals surface area contributed by atoms with Crippen LogP contribution in [0.2, 0.25) is 0 Å². The van der Waals surface area contributed by atoms with E-state index in [0.717, 1.165) is 108 Å². The third kappa shape index (κ3) is 8.18. The van der Waals surface area contributed by atoms with Gasteiger partial charge in [0.05, 0.1) is 63.3 Å². The minimum Gasteiger partial charge on any atom is -0.493 e. The van der Waals surface area contributed by atoms with Crippen molar-refractivity contribution in [2.45, 2.75) is 103 Å². The number of H-pyrrole nitrogens is 2. The van der Waals surface area contributed by atoms with E-state index in [4.69, 9.17) is 28.9 Å². The van der Waals surface area contributed by atoms with Gasteiger partial charge in [-0.2, -0.15) is 0 Å². The topological polar surface area (TPSA) is 193 Å². The van der Waals surface area contributed by atoms with Gasteiger partial charge in [-0.3, -0.25) is 9.59 Å². The van der Waals surface area contributed by atoms with Gasteiger partial charge in [0.15, 0.2) is 0 Å². The van der Waals surface area contributed by atoms with E-state index < -0.39 is 24.3 Å². The van der Waals surface area contributed by atoms with Gasteiger partial charge in [0.1, 0.15) is 35.2 Å². The van der Waals surface area contributed by atoms with Gasteiger partial charge in [-0.15, -0.1) is 0 Å². The number of fused-ring (bicyclic) bond motifs is 2. The smallest absolute Gasteiger partial charge is 0.407 e. The zero-order valence-corrected chi connectivity index (χ0v) is 36.5. The minimum atomic E-state index is -0.713. The van der Waals surface area contributed by atoms with Crippen LogP contribution in [0.4, 0.5) is 9.59 Å². The van der Waals surface area contributed by atoms with Crippen molar-refractivity contribution in [1.82, 2.24) is 40.4 Å². The van der Waals surface area contributed by atoms with Crippen molar-refractivity contribution in [1.29, 1.82) is 0 Å². The van der Waals surface area contributed by atoms with Gasteiger partial charge < -0.3 is 49.3 Å². The second-order valence-electron chi connectivity index (χ2n) is 17.3. The van der Waals surface area contributed by atoms with Crippen LogP contribution in [-0.2, 0) is 31.9 Å². The van der Waals surface area contributed by atoms with Gasteiger partial charge in [0.2, 0.25) is 11.8 Å². The number of likely N-dealkylation sites (tertiary alicyclic amines) is 2. The Morgan fingerprint density at radius 1 is 0.645 bits per heavy atom. The van der Waals surface area contributed by atoms with E-state index >= 15 is 0 Å². The molecule has 0 aliphatic carbocycles. The van der Waals surface area contributed by atoms with E-state index in [-0.39, 0.29) is 35.7 Å². The summed E-state index contributed by atoms with van der Waals surface area (Å²) in [6.07, 6.45) is 9.01. The number of hydrogen-bond donors (Lipinski definition) is 4. The molecule has 4 amide bonds. The summed E-state index contributed by atoms with van der Waals surface area (Å²) in [5, 5.41) is 5.44. The molecule has 0 saturated carbocycles. The van der Waals surface area contributed by atoms with E-state index in [1.165, 1.54) is 14.2 Å². The lowest BCUT2D eigenvalue weighted by molar-refractivity contribution is -0.136. The molecule has 2 aromatic carbocycles. The van der Waals surface area contributed by atoms with Crippen LogP contribution >= 0.6 is 0 Å². The first-order valence-corrected chi connectivity index (χ1v) is 22.0. The average Bonchev–Trinajstić information content (AvgIpc) is 4.13. The average molecular weight is 851 g/mol. The fraction of sp³-hybridized carbons (Fsp3) is 0.522. The number of amides is 4. The Morgan fingerprint density at radius 2 is 1.05 bits per heavy atom. The third-order valence-corrected chi connectivity index (χ3v) is 12.7. The molecule has 2 saturated heterocycles. The van der Waals surface area contributed by atoms with E-state index in [2.05, 4.69) is 44.9 Å². The summed E-state index contributed by atoms with van der Waals surface area (Å²) in [5.74, 6) is 2.50. The molecule has 4 aromatic rings. The van der Waals surface area contributed by atoms with Crippen molar-refractivity contribution < 1.29 is 38.1 Å². The number of aromatic amines is 2. The first kappa shape index (κ1) is 42.6. The molecular weight excluding hydrogens is 793 g/mol. The van der Waals surface area contributed by atoms with Gasteiger partial charge in [-0.05, 0) is 86.5 Å². The molecule has 16 heteroatoms. The number of imidazole rings is 2. The Kier molecular flexibility index (Phi) is 12.5. The fourth-order valence-electron chi connectivity index (χ4n) is 9.53. The molecule has 4 N–H and O–H groups in total. The van der Waals surface area contributed by atoms with Gasteiger partial charge in [-0.1, -0.05) is 39.8 Å². The summed E-state index contributed by atoms with van der Waals surface area (Å²) in [5.41, 5.74) is 7.93. The lowest BCUT2D eigenvalue weighted by atomic mass is 9.86. The Balaban J connectivity index is 1.07. The SMILES string of the molecule is COC(=O)N[C@H](C(=O)N1CCC[C@H]1c1ncc(-c2ccc(-c3ccc(-c4cnc([C@@H]5CCCN5C(=O)[C@@H](NC(=O)OC)C(C)C)[nH]4)c4c3CCCO4)c3c2OCCC3)[nH]1)C(C)C. The van der Waals surface area contributed by atoms with Crippen LogP contribution in [0.5, 0.6) is 11.5 Å². The molecule has 0 spiro atoms. The number of nitrogens with one attached hydrogen (secondary N) is 4. The molecule has 4 atom stereocenters. The zero-order valence-electron chi connectivity index (χ0n) is 36.5. The molecule has 330 valence electrons. The number of nitrogens with zero attached hydrogens (tertiary/aromatic N) is 4. The Morgan fingerprint density at radius 3 is 1.44 bits per heavy atom. The summed E-state index contributed by atoms with van der Waals surface area (Å²) >= 11 is 0. The highest BCUT2D eigenvalue weighted by Crippen LogP contribution is 2.47. The fourth-order valence-corrected chi connectivity index (χ4v) is 9.53. The summed E-state index contributed by atoms with van der Waals surface area (Å²) in [6, 6.07) is 6.59. The van der Waals surface area contributed by atoms with Gasteiger partial charge in [-0.25, -0.2) is 19.6 Å². The number of hydrogen-bond acceptors (Lipinski definition) is 10. The molecule has 0 radical (unpaired) electrons. The normalized spacial score (nSPS) is 19.3. The van der Waals surface area contributed by atoms with Crippen molar-refractivity contribution in [2.24, 2.45) is 11.8 Å². The highest BCUT2D eigenvalue weighted by molar-refractivity contribution is 5.88. The lowest BCUT2D eigenvalue weighted by Crippen LogP contribution is -2.51. The highest BCUT2D eigenvalue weighted by Gasteiger charge is 2.39. The number of ether oxygens (including phenoxy) is 4. The maximum Gasteiger partial charge on any atom is 0.407 e. The van der Waals surface area contributed by atoms with Gasteiger partial charge in [0, 0.05) is 35.3 Å². The second kappa shape index (κ2) is 18.1. The second-order valence-corrected chi connectivity index (χ2v) is 17.3. The summed E-state index contributed by atoms with van der Waals surface area (Å²) < 4.78 is 22.6. The van der Waals surface area contributed by atoms with Crippen LogP contribution in [0.15, 0.2) is 36.7 Å². The van der Waals surface area contributed by atoms with Gasteiger partial charge in [0.25, 0.3) is 0 Å². The van der Waals surface area contributed by atoms with Crippen molar-refractivity contribution >= 4 is 24.0 Å². The number of alkyl carbamates (subject to hydrolysis) is 2. The number of rotatable bonds is 11. The Bertz CT molecular complexity index is 2160. The number of carbonyl (C=O) groups is 4. The molecule has 16 nitrogen and oxygen atoms in total. The van der Waals surface area contributed by atoms with Crippen molar-refractivity contribution in [3.63, 3.8) is 0 Å². The van der Waals surface area contributed by atoms with Crippen molar-refractivity contribution in [3.8, 4) is 45.1 Å². The first-order valence-electron chi connectivity index (χ1n) is 22.0. The van der Waals surface area contributed by atoms with Crippen LogP contribution in [-0.4, -0.2) is 106 Å². The monoisotopic (exact) mass is 850 g/mol. The molecule has 0 unspecified atom stereocenters. The first-order chi connectivity index (χ1) is 30.0. The number of methoxy groups -OCH3 is 2. The zero-order chi connectivity index (χ0) is 43.7. The van der Waals surface area contributed by atoms with Crippen LogP contribution in [0.25, 0.3) is 33.6 Å². The largest absolute Gasteiger partial charge is 0.493 e. The molecule has 62 heavy (non-hydrogen) atoms. The van der Waals surface area contributed by atoms with Crippen molar-refractivity contribution in [3.05, 3.63) is 59.4 Å². The molecule has 2 aromatic heterocycles. The standard InChI is InChI=1S/C46H58N8O8/c1-25(2)37(51-45(57)59-5)43(55)53-19-7-13-35(53)41-47-23-33(49-41)31-17-15-27(29-11-9-21-61-39(29)31)28-16-18-32(40-30(28)12-10-22-62-40)34-24-48-42(50-34)36-14-8-20-54(36)44(56)38(26(3)4)52-46(58)60-6/h15-18,23-26,35-38H,7-14,19-22H2,1-6H3,(H,47,49)(H,48,50)(H,51,57)(H,52,58)/t35-,36-,37-,38-/m0/s1. The van der Waals surface area contributed by atoms with Crippen LogP contribution in [0, 0.1) is 11.8 Å². The highest BCUT2D eigenvalue weighted by atomic mass is 16.5. The van der Waals surface area contributed by atoms with E-state index in [9.17, 15) is 19.2 Å². The number of benzene rings is 2. The Labute approximate surface area is 361 Å². The molecule has 2 fully saturated rings. The maximum atomic E-state index is 13.8. The predicted molar refractivity (Wildman–Crippen MR) is 230 cm³/mol. The molecule has 0 bridgehead atoms. The summed E-state index contributed by atoms with van der Waals surface area (Å²) in [4.78, 5) is 72.1. The molecule has 4 aliphatic heterocycles. The maximum absolute atomic E-state index is 13.8. The van der Waals surface area contributed by atoms with Gasteiger partial charge >= 0.3 is 12.2 Å².